The lowest BCUT2D eigenvalue weighted by Gasteiger charge is -2.18. The number of hydrogen-bond donors (Lipinski definition) is 2. The lowest BCUT2D eigenvalue weighted by atomic mass is 10.2. The van der Waals surface area contributed by atoms with Crippen LogP contribution in [0, 0.1) is 0 Å². The standard InChI is InChI=1S/C19H32N4O3S.HI/c1-4-20-19(23-15(2)11-13-27(3,24)25)22-14-16-8-7-12-21-18(16)26-17-9-5-6-10-17;/h7-8,12,15,17H,4-6,9-11,13-14H2,1-3H3,(H2,20,22,23);1H. The third kappa shape index (κ3) is 9.40. The summed E-state index contributed by atoms with van der Waals surface area (Å²) in [6.45, 7) is 5.13. The van der Waals surface area contributed by atoms with Crippen LogP contribution in [0.2, 0.25) is 0 Å². The lowest BCUT2D eigenvalue weighted by molar-refractivity contribution is 0.199. The van der Waals surface area contributed by atoms with Crippen LogP contribution in [-0.4, -0.2) is 50.1 Å². The van der Waals surface area contributed by atoms with Crippen molar-refractivity contribution in [1.29, 1.82) is 0 Å². The second-order valence-electron chi connectivity index (χ2n) is 7.15. The van der Waals surface area contributed by atoms with Crippen molar-refractivity contribution in [2.45, 2.75) is 64.6 Å². The van der Waals surface area contributed by atoms with E-state index in [1.165, 1.54) is 19.1 Å². The van der Waals surface area contributed by atoms with Gasteiger partial charge in [0.1, 0.15) is 15.9 Å². The van der Waals surface area contributed by atoms with Crippen LogP contribution in [-0.2, 0) is 16.4 Å². The van der Waals surface area contributed by atoms with Gasteiger partial charge >= 0.3 is 0 Å². The Morgan fingerprint density at radius 2 is 2.11 bits per heavy atom. The summed E-state index contributed by atoms with van der Waals surface area (Å²) in [6.07, 6.45) is 8.39. The van der Waals surface area contributed by atoms with E-state index in [4.69, 9.17) is 4.74 Å². The number of aromatic nitrogens is 1. The largest absolute Gasteiger partial charge is 0.474 e. The number of nitrogens with one attached hydrogen (secondary N) is 2. The average molecular weight is 524 g/mol. The minimum atomic E-state index is -2.96. The highest BCUT2D eigenvalue weighted by Crippen LogP contribution is 2.25. The maximum Gasteiger partial charge on any atom is 0.218 e. The number of hydrogen-bond acceptors (Lipinski definition) is 5. The van der Waals surface area contributed by atoms with Gasteiger partial charge in [-0.1, -0.05) is 6.07 Å². The molecule has 160 valence electrons. The molecule has 1 aromatic rings. The van der Waals surface area contributed by atoms with Gasteiger partial charge in [-0.2, -0.15) is 0 Å². The van der Waals surface area contributed by atoms with Crippen LogP contribution in [0.15, 0.2) is 23.3 Å². The Morgan fingerprint density at radius 1 is 1.39 bits per heavy atom. The van der Waals surface area contributed by atoms with Gasteiger partial charge < -0.3 is 15.4 Å². The number of rotatable bonds is 9. The van der Waals surface area contributed by atoms with Crippen molar-refractivity contribution in [3.8, 4) is 5.88 Å². The van der Waals surface area contributed by atoms with Gasteiger partial charge in [-0.05, 0) is 52.0 Å². The summed E-state index contributed by atoms with van der Waals surface area (Å²) >= 11 is 0. The molecule has 1 heterocycles. The fourth-order valence-electron chi connectivity index (χ4n) is 3.00. The van der Waals surface area contributed by atoms with E-state index in [1.807, 2.05) is 26.0 Å². The molecule has 0 spiro atoms. The molecule has 7 nitrogen and oxygen atoms in total. The number of halogens is 1. The van der Waals surface area contributed by atoms with Gasteiger partial charge in [-0.3, -0.25) is 0 Å². The van der Waals surface area contributed by atoms with Gasteiger partial charge in [0, 0.05) is 30.6 Å². The molecule has 0 amide bonds. The van der Waals surface area contributed by atoms with E-state index in [1.54, 1.807) is 6.20 Å². The van der Waals surface area contributed by atoms with Crippen LogP contribution in [0.3, 0.4) is 0 Å². The number of ether oxygens (including phenoxy) is 1. The van der Waals surface area contributed by atoms with Gasteiger partial charge in [0.15, 0.2) is 5.96 Å². The summed E-state index contributed by atoms with van der Waals surface area (Å²) < 4.78 is 28.8. The highest BCUT2D eigenvalue weighted by atomic mass is 127. The molecule has 2 N–H and O–H groups in total. The first kappa shape index (κ1) is 24.9. The van der Waals surface area contributed by atoms with Crippen molar-refractivity contribution in [2.24, 2.45) is 4.99 Å². The number of aliphatic imine (C=N–C) groups is 1. The lowest BCUT2D eigenvalue weighted by Crippen LogP contribution is -2.42. The van der Waals surface area contributed by atoms with E-state index in [9.17, 15) is 8.42 Å². The van der Waals surface area contributed by atoms with Gasteiger partial charge in [0.05, 0.1) is 12.3 Å². The molecule has 1 saturated carbocycles. The van der Waals surface area contributed by atoms with Gasteiger partial charge in [-0.25, -0.2) is 18.4 Å². The van der Waals surface area contributed by atoms with Crippen LogP contribution in [0.4, 0.5) is 0 Å². The van der Waals surface area contributed by atoms with Crippen LogP contribution in [0.5, 0.6) is 5.88 Å². The Kier molecular flexibility index (Phi) is 11.1. The molecule has 1 atom stereocenters. The zero-order valence-corrected chi connectivity index (χ0v) is 20.1. The van der Waals surface area contributed by atoms with Crippen LogP contribution < -0.4 is 15.4 Å². The Balaban J connectivity index is 0.00000392. The normalized spacial score (nSPS) is 16.3. The molecule has 1 aromatic heterocycles. The van der Waals surface area contributed by atoms with E-state index < -0.39 is 9.84 Å². The fraction of sp³-hybridized carbons (Fsp3) is 0.684. The molecule has 0 bridgehead atoms. The van der Waals surface area contributed by atoms with E-state index in [0.29, 0.717) is 24.8 Å². The Morgan fingerprint density at radius 3 is 2.75 bits per heavy atom. The van der Waals surface area contributed by atoms with Crippen molar-refractivity contribution in [3.05, 3.63) is 23.9 Å². The van der Waals surface area contributed by atoms with Gasteiger partial charge in [0.2, 0.25) is 5.88 Å². The second-order valence-corrected chi connectivity index (χ2v) is 9.41. The first-order valence-electron chi connectivity index (χ1n) is 9.70. The number of nitrogens with zero attached hydrogens (tertiary/aromatic N) is 2. The van der Waals surface area contributed by atoms with E-state index in [0.717, 1.165) is 24.9 Å². The zero-order valence-electron chi connectivity index (χ0n) is 17.0. The third-order valence-corrected chi connectivity index (χ3v) is 5.46. The monoisotopic (exact) mass is 524 g/mol. The molecule has 0 aromatic carbocycles. The Labute approximate surface area is 186 Å². The maximum absolute atomic E-state index is 11.3. The van der Waals surface area contributed by atoms with E-state index in [-0.39, 0.29) is 41.9 Å². The topological polar surface area (TPSA) is 92.7 Å². The fourth-order valence-corrected chi connectivity index (χ4v) is 3.78. The molecule has 1 unspecified atom stereocenters. The molecule has 1 aliphatic rings. The van der Waals surface area contributed by atoms with Crippen molar-refractivity contribution in [1.82, 2.24) is 15.6 Å². The van der Waals surface area contributed by atoms with Crippen LogP contribution >= 0.6 is 24.0 Å². The molecular formula is C19H33IN4O3S. The molecule has 0 saturated heterocycles. The molecule has 0 radical (unpaired) electrons. The second kappa shape index (κ2) is 12.5. The van der Waals surface area contributed by atoms with Crippen LogP contribution in [0.1, 0.15) is 51.5 Å². The molecular weight excluding hydrogens is 491 g/mol. The zero-order chi connectivity index (χ0) is 19.7. The van der Waals surface area contributed by atoms with Gasteiger partial charge in [0.25, 0.3) is 0 Å². The van der Waals surface area contributed by atoms with Crippen molar-refractivity contribution < 1.29 is 13.2 Å². The molecule has 28 heavy (non-hydrogen) atoms. The predicted molar refractivity (Wildman–Crippen MR) is 124 cm³/mol. The number of guanidine groups is 1. The molecule has 2 rings (SSSR count). The molecule has 1 aliphatic carbocycles. The Bertz CT molecular complexity index is 722. The maximum atomic E-state index is 11.3. The molecule has 9 heteroatoms. The highest BCUT2D eigenvalue weighted by Gasteiger charge is 2.18. The van der Waals surface area contributed by atoms with Crippen molar-refractivity contribution >= 4 is 39.8 Å². The first-order valence-corrected chi connectivity index (χ1v) is 11.8. The van der Waals surface area contributed by atoms with Crippen molar-refractivity contribution in [2.75, 3.05) is 18.6 Å². The smallest absolute Gasteiger partial charge is 0.218 e. The summed E-state index contributed by atoms with van der Waals surface area (Å²) in [5, 5.41) is 6.47. The summed E-state index contributed by atoms with van der Waals surface area (Å²) in [7, 11) is -2.96. The summed E-state index contributed by atoms with van der Waals surface area (Å²) in [5.74, 6) is 1.48. The minimum Gasteiger partial charge on any atom is -0.474 e. The predicted octanol–water partition coefficient (Wildman–Crippen LogP) is 2.90. The van der Waals surface area contributed by atoms with Gasteiger partial charge in [-0.15, -0.1) is 24.0 Å². The molecule has 0 aliphatic heterocycles. The van der Waals surface area contributed by atoms with Crippen LogP contribution in [0.25, 0.3) is 0 Å². The SMILES string of the molecule is CCNC(=NCc1cccnc1OC1CCCC1)NC(C)CCS(C)(=O)=O.I. The average Bonchev–Trinajstić information content (AvgIpc) is 3.12. The number of pyridine rings is 1. The van der Waals surface area contributed by atoms with E-state index in [2.05, 4.69) is 20.6 Å². The molecule has 1 fully saturated rings. The van der Waals surface area contributed by atoms with E-state index >= 15 is 0 Å². The number of sulfone groups is 1. The minimum absolute atomic E-state index is 0. The quantitative estimate of drug-likeness (QED) is 0.293. The summed E-state index contributed by atoms with van der Waals surface area (Å²) in [4.78, 5) is 9.01. The summed E-state index contributed by atoms with van der Waals surface area (Å²) in [5.41, 5.74) is 0.949. The first-order chi connectivity index (χ1) is 12.9. The highest BCUT2D eigenvalue weighted by molar-refractivity contribution is 14.0. The van der Waals surface area contributed by atoms with Crippen molar-refractivity contribution in [3.63, 3.8) is 0 Å². The third-order valence-electron chi connectivity index (χ3n) is 4.49. The summed E-state index contributed by atoms with van der Waals surface area (Å²) in [6, 6.07) is 3.87. The Hall–Kier alpha value is -1.10.